The van der Waals surface area contributed by atoms with Crippen molar-refractivity contribution in [2.75, 3.05) is 13.1 Å². The van der Waals surface area contributed by atoms with Gasteiger partial charge in [0.25, 0.3) is 0 Å². The lowest BCUT2D eigenvalue weighted by atomic mass is 10.1. The summed E-state index contributed by atoms with van der Waals surface area (Å²) in [6, 6.07) is 4.19. The molecule has 1 aliphatic heterocycles. The quantitative estimate of drug-likeness (QED) is 0.813. The molecule has 1 fully saturated rings. The molecule has 2 aromatic heterocycles. The average molecular weight is 219 g/mol. The van der Waals surface area contributed by atoms with Crippen LogP contribution in [-0.4, -0.2) is 23.1 Å². The zero-order valence-corrected chi connectivity index (χ0v) is 9.18. The first-order chi connectivity index (χ1) is 7.43. The van der Waals surface area contributed by atoms with Gasteiger partial charge >= 0.3 is 0 Å². The minimum Gasteiger partial charge on any atom is -0.341 e. The molecule has 3 nitrogen and oxygen atoms in total. The van der Waals surface area contributed by atoms with Gasteiger partial charge in [-0.2, -0.15) is 0 Å². The highest BCUT2D eigenvalue weighted by molar-refractivity contribution is 7.13. The number of nitrogens with zero attached hydrogens (tertiary/aromatic N) is 1. The van der Waals surface area contributed by atoms with Crippen LogP contribution in [0.3, 0.4) is 0 Å². The number of hydrogen-bond acceptors (Lipinski definition) is 3. The molecule has 0 aliphatic carbocycles. The maximum atomic E-state index is 4.47. The third kappa shape index (κ3) is 1.70. The van der Waals surface area contributed by atoms with Crippen molar-refractivity contribution in [2.24, 2.45) is 0 Å². The van der Waals surface area contributed by atoms with Crippen LogP contribution in [0, 0.1) is 0 Å². The van der Waals surface area contributed by atoms with Crippen molar-refractivity contribution in [3.63, 3.8) is 0 Å². The summed E-state index contributed by atoms with van der Waals surface area (Å²) in [5.41, 5.74) is 1.15. The zero-order chi connectivity index (χ0) is 10.1. The molecule has 1 saturated heterocycles. The van der Waals surface area contributed by atoms with Gasteiger partial charge < -0.3 is 10.3 Å². The third-order valence-electron chi connectivity index (χ3n) is 2.83. The van der Waals surface area contributed by atoms with Gasteiger partial charge in [-0.1, -0.05) is 6.07 Å². The Morgan fingerprint density at radius 1 is 1.47 bits per heavy atom. The number of aromatic nitrogens is 2. The molecule has 3 rings (SSSR count). The van der Waals surface area contributed by atoms with E-state index < -0.39 is 0 Å². The Labute approximate surface area is 92.6 Å². The molecule has 1 atom stereocenters. The molecule has 0 radical (unpaired) electrons. The van der Waals surface area contributed by atoms with Crippen molar-refractivity contribution >= 4 is 11.3 Å². The van der Waals surface area contributed by atoms with Gasteiger partial charge in [0.1, 0.15) is 5.82 Å². The lowest BCUT2D eigenvalue weighted by molar-refractivity contribution is 0.715. The molecule has 2 N–H and O–H groups in total. The first-order valence-corrected chi connectivity index (χ1v) is 6.11. The largest absolute Gasteiger partial charge is 0.341 e. The Hall–Kier alpha value is -1.13. The van der Waals surface area contributed by atoms with E-state index in [1.165, 1.54) is 11.3 Å². The molecule has 3 heterocycles. The fourth-order valence-corrected chi connectivity index (χ4v) is 2.68. The van der Waals surface area contributed by atoms with E-state index in [4.69, 9.17) is 0 Å². The number of nitrogens with one attached hydrogen (secondary N) is 2. The molecule has 15 heavy (non-hydrogen) atoms. The Morgan fingerprint density at radius 3 is 3.20 bits per heavy atom. The van der Waals surface area contributed by atoms with E-state index >= 15 is 0 Å². The van der Waals surface area contributed by atoms with Crippen molar-refractivity contribution in [1.29, 1.82) is 0 Å². The molecule has 0 bridgehead atoms. The van der Waals surface area contributed by atoms with Gasteiger partial charge in [-0.15, -0.1) is 11.3 Å². The highest BCUT2D eigenvalue weighted by Crippen LogP contribution is 2.26. The average Bonchev–Trinajstić information content (AvgIpc) is 3.02. The summed E-state index contributed by atoms with van der Waals surface area (Å²) >= 11 is 1.75. The van der Waals surface area contributed by atoms with Gasteiger partial charge in [0.05, 0.1) is 16.8 Å². The zero-order valence-electron chi connectivity index (χ0n) is 8.36. The van der Waals surface area contributed by atoms with E-state index in [0.717, 1.165) is 24.6 Å². The number of rotatable bonds is 2. The minimum absolute atomic E-state index is 0.568. The van der Waals surface area contributed by atoms with Crippen molar-refractivity contribution < 1.29 is 0 Å². The van der Waals surface area contributed by atoms with Crippen molar-refractivity contribution in [2.45, 2.75) is 12.3 Å². The van der Waals surface area contributed by atoms with E-state index in [-0.39, 0.29) is 0 Å². The molecule has 0 aromatic carbocycles. The van der Waals surface area contributed by atoms with E-state index in [2.05, 4.69) is 32.8 Å². The van der Waals surface area contributed by atoms with Crippen LogP contribution < -0.4 is 5.32 Å². The second-order valence-electron chi connectivity index (χ2n) is 3.85. The van der Waals surface area contributed by atoms with Crippen molar-refractivity contribution in [3.8, 4) is 10.6 Å². The Kier molecular flexibility index (Phi) is 2.31. The Bertz CT molecular complexity index is 426. The van der Waals surface area contributed by atoms with E-state index in [1.54, 1.807) is 11.3 Å². The number of aromatic amines is 1. The number of hydrogen-bond donors (Lipinski definition) is 2. The lowest BCUT2D eigenvalue weighted by Gasteiger charge is -2.02. The van der Waals surface area contributed by atoms with Gasteiger partial charge in [0.15, 0.2) is 0 Å². The maximum Gasteiger partial charge on any atom is 0.110 e. The highest BCUT2D eigenvalue weighted by atomic mass is 32.1. The van der Waals surface area contributed by atoms with Crippen LogP contribution in [0.2, 0.25) is 0 Å². The number of thiophene rings is 1. The molecular formula is C11H13N3S. The summed E-state index contributed by atoms with van der Waals surface area (Å²) in [5.74, 6) is 1.70. The summed E-state index contributed by atoms with van der Waals surface area (Å²) in [6.07, 6.45) is 3.14. The van der Waals surface area contributed by atoms with Gasteiger partial charge in [-0.25, -0.2) is 4.98 Å². The van der Waals surface area contributed by atoms with E-state index in [0.29, 0.717) is 5.92 Å². The van der Waals surface area contributed by atoms with Gasteiger partial charge in [0, 0.05) is 12.5 Å². The number of imidazole rings is 1. The van der Waals surface area contributed by atoms with Crippen LogP contribution >= 0.6 is 11.3 Å². The summed E-state index contributed by atoms with van der Waals surface area (Å²) in [6.45, 7) is 2.16. The molecule has 1 unspecified atom stereocenters. The van der Waals surface area contributed by atoms with Crippen LogP contribution in [0.25, 0.3) is 10.6 Å². The Balaban J connectivity index is 1.87. The molecule has 0 amide bonds. The highest BCUT2D eigenvalue weighted by Gasteiger charge is 2.19. The predicted molar refractivity (Wildman–Crippen MR) is 62.1 cm³/mol. The van der Waals surface area contributed by atoms with Crippen LogP contribution in [0.4, 0.5) is 0 Å². The molecule has 0 saturated carbocycles. The Morgan fingerprint density at radius 2 is 2.47 bits per heavy atom. The van der Waals surface area contributed by atoms with Crippen LogP contribution in [-0.2, 0) is 0 Å². The van der Waals surface area contributed by atoms with Gasteiger partial charge in [0.2, 0.25) is 0 Å². The first kappa shape index (κ1) is 9.12. The topological polar surface area (TPSA) is 40.7 Å². The molecule has 78 valence electrons. The lowest BCUT2D eigenvalue weighted by Crippen LogP contribution is -2.08. The number of H-pyrrole nitrogens is 1. The van der Waals surface area contributed by atoms with E-state index in [1.807, 2.05) is 6.20 Å². The maximum absolute atomic E-state index is 4.47. The van der Waals surface area contributed by atoms with Gasteiger partial charge in [-0.3, -0.25) is 0 Å². The van der Waals surface area contributed by atoms with Crippen LogP contribution in [0.5, 0.6) is 0 Å². The molecule has 2 aromatic rings. The van der Waals surface area contributed by atoms with Crippen molar-refractivity contribution in [1.82, 2.24) is 15.3 Å². The SMILES string of the molecule is c1csc(-c2cnc(C3CCNC3)[nH]2)c1. The second kappa shape index (κ2) is 3.79. The molecule has 0 spiro atoms. The van der Waals surface area contributed by atoms with Crippen LogP contribution in [0.15, 0.2) is 23.7 Å². The standard InChI is InChI=1S/C11H13N3S/c1-2-10(15-5-1)9-7-13-11(14-9)8-3-4-12-6-8/h1-2,5,7-8,12H,3-4,6H2,(H,13,14). The smallest absolute Gasteiger partial charge is 0.110 e. The minimum atomic E-state index is 0.568. The summed E-state index contributed by atoms with van der Waals surface area (Å²) in [5, 5.41) is 5.45. The summed E-state index contributed by atoms with van der Waals surface area (Å²) < 4.78 is 0. The van der Waals surface area contributed by atoms with Crippen molar-refractivity contribution in [3.05, 3.63) is 29.5 Å². The predicted octanol–water partition coefficient (Wildman–Crippen LogP) is 2.22. The third-order valence-corrected chi connectivity index (χ3v) is 3.73. The van der Waals surface area contributed by atoms with E-state index in [9.17, 15) is 0 Å². The second-order valence-corrected chi connectivity index (χ2v) is 4.80. The summed E-state index contributed by atoms with van der Waals surface area (Å²) in [4.78, 5) is 9.15. The normalized spacial score (nSPS) is 20.9. The van der Waals surface area contributed by atoms with Gasteiger partial charge in [-0.05, 0) is 24.4 Å². The summed E-state index contributed by atoms with van der Waals surface area (Å²) in [7, 11) is 0. The monoisotopic (exact) mass is 219 g/mol. The molecule has 4 heteroatoms. The van der Waals surface area contributed by atoms with Crippen LogP contribution in [0.1, 0.15) is 18.2 Å². The fraction of sp³-hybridized carbons (Fsp3) is 0.364. The molecule has 1 aliphatic rings. The fourth-order valence-electron chi connectivity index (χ4n) is 1.99. The first-order valence-electron chi connectivity index (χ1n) is 5.23. The molecular weight excluding hydrogens is 206 g/mol.